The molecule has 0 aliphatic rings. The smallest absolute Gasteiger partial charge is 0.213 e. The first-order valence-corrected chi connectivity index (χ1v) is 6.83. The van der Waals surface area contributed by atoms with Gasteiger partial charge < -0.3 is 9.84 Å². The molecule has 106 valence electrons. The maximum atomic E-state index is 9.28. The summed E-state index contributed by atoms with van der Waals surface area (Å²) in [6.07, 6.45) is 2.51. The molecule has 0 aromatic carbocycles. The second-order valence-electron chi connectivity index (χ2n) is 4.97. The van der Waals surface area contributed by atoms with Gasteiger partial charge in [0.1, 0.15) is 0 Å². The zero-order valence-electron chi connectivity index (χ0n) is 11.9. The molecule has 4 nitrogen and oxygen atoms in total. The van der Waals surface area contributed by atoms with E-state index >= 15 is 0 Å². The Labute approximate surface area is 119 Å². The molecule has 4 heteroatoms. The number of aliphatic hydroxyl groups is 1. The van der Waals surface area contributed by atoms with Crippen LogP contribution in [-0.2, 0) is 13.0 Å². The van der Waals surface area contributed by atoms with E-state index in [2.05, 4.69) is 23.8 Å². The number of rotatable bonds is 6. The Morgan fingerprint density at radius 1 is 1.25 bits per heavy atom. The first-order chi connectivity index (χ1) is 9.69. The Morgan fingerprint density at radius 3 is 2.75 bits per heavy atom. The third-order valence-electron chi connectivity index (χ3n) is 2.99. The van der Waals surface area contributed by atoms with Crippen LogP contribution in [-0.4, -0.2) is 21.7 Å². The fourth-order valence-corrected chi connectivity index (χ4v) is 1.85. The minimum Gasteiger partial charge on any atom is -0.477 e. The van der Waals surface area contributed by atoms with Crippen LogP contribution in [0.1, 0.15) is 36.7 Å². The van der Waals surface area contributed by atoms with E-state index in [0.29, 0.717) is 18.4 Å². The van der Waals surface area contributed by atoms with Gasteiger partial charge in [0.05, 0.1) is 13.2 Å². The monoisotopic (exact) mass is 272 g/mol. The van der Waals surface area contributed by atoms with Gasteiger partial charge in [-0.05, 0) is 29.7 Å². The average molecular weight is 272 g/mol. The molecular formula is C16H20N2O2. The molecule has 1 N–H and O–H groups in total. The highest BCUT2D eigenvalue weighted by Gasteiger charge is 2.07. The van der Waals surface area contributed by atoms with Crippen LogP contribution in [0.2, 0.25) is 0 Å². The van der Waals surface area contributed by atoms with Gasteiger partial charge in [-0.1, -0.05) is 19.9 Å². The summed E-state index contributed by atoms with van der Waals surface area (Å²) in [6.45, 7) is 4.66. The van der Waals surface area contributed by atoms with Crippen LogP contribution in [0.25, 0.3) is 0 Å². The highest BCUT2D eigenvalue weighted by molar-refractivity contribution is 5.26. The maximum absolute atomic E-state index is 9.28. The van der Waals surface area contributed by atoms with Crippen molar-refractivity contribution >= 4 is 0 Å². The lowest BCUT2D eigenvalue weighted by Gasteiger charge is -2.11. The third kappa shape index (κ3) is 4.03. The summed E-state index contributed by atoms with van der Waals surface area (Å²) in [4.78, 5) is 8.71. The zero-order chi connectivity index (χ0) is 14.4. The molecule has 0 unspecified atom stereocenters. The number of pyridine rings is 2. The van der Waals surface area contributed by atoms with Gasteiger partial charge >= 0.3 is 0 Å². The first kappa shape index (κ1) is 14.5. The second kappa shape index (κ2) is 7.01. The SMILES string of the molecule is CC(C)c1cc(CO)cc(OCCc2ccccn2)n1. The molecule has 0 radical (unpaired) electrons. The van der Waals surface area contributed by atoms with Crippen LogP contribution in [0.3, 0.4) is 0 Å². The number of hydrogen-bond acceptors (Lipinski definition) is 4. The van der Waals surface area contributed by atoms with Gasteiger partial charge in [0.25, 0.3) is 0 Å². The predicted octanol–water partition coefficient (Wildman–Crippen LogP) is 2.71. The average Bonchev–Trinajstić information content (AvgIpc) is 2.48. The van der Waals surface area contributed by atoms with Crippen LogP contribution < -0.4 is 4.74 Å². The molecule has 20 heavy (non-hydrogen) atoms. The van der Waals surface area contributed by atoms with Crippen LogP contribution in [0, 0.1) is 0 Å². The topological polar surface area (TPSA) is 55.2 Å². The molecule has 0 amide bonds. The fourth-order valence-electron chi connectivity index (χ4n) is 1.85. The Kier molecular flexibility index (Phi) is 5.07. The summed E-state index contributed by atoms with van der Waals surface area (Å²) in [5.74, 6) is 0.871. The highest BCUT2D eigenvalue weighted by atomic mass is 16.5. The lowest BCUT2D eigenvalue weighted by molar-refractivity contribution is 0.277. The van der Waals surface area contributed by atoms with Crippen molar-refractivity contribution in [2.45, 2.75) is 32.8 Å². The number of aromatic nitrogens is 2. The van der Waals surface area contributed by atoms with Crippen LogP contribution in [0.15, 0.2) is 36.5 Å². The molecule has 2 aromatic heterocycles. The summed E-state index contributed by atoms with van der Waals surface area (Å²) in [6, 6.07) is 9.52. The number of ether oxygens (including phenoxy) is 1. The van der Waals surface area contributed by atoms with E-state index in [0.717, 1.165) is 23.4 Å². The molecule has 2 heterocycles. The number of nitrogens with zero attached hydrogens (tertiary/aromatic N) is 2. The molecular weight excluding hydrogens is 252 g/mol. The third-order valence-corrected chi connectivity index (χ3v) is 2.99. The summed E-state index contributed by atoms with van der Waals surface area (Å²) < 4.78 is 5.68. The van der Waals surface area contributed by atoms with Gasteiger partial charge in [0.15, 0.2) is 0 Å². The zero-order valence-corrected chi connectivity index (χ0v) is 11.9. The molecule has 0 fully saturated rings. The van der Waals surface area contributed by atoms with Crippen LogP contribution in [0.4, 0.5) is 0 Å². The summed E-state index contributed by atoms with van der Waals surface area (Å²) in [5, 5.41) is 9.28. The minimum absolute atomic E-state index is 0.00115. The number of hydrogen-bond donors (Lipinski definition) is 1. The Hall–Kier alpha value is -1.94. The second-order valence-corrected chi connectivity index (χ2v) is 4.97. The van der Waals surface area contributed by atoms with Crippen LogP contribution in [0.5, 0.6) is 5.88 Å². The van der Waals surface area contributed by atoms with Gasteiger partial charge in [0.2, 0.25) is 5.88 Å². The van der Waals surface area contributed by atoms with E-state index in [1.54, 1.807) is 12.3 Å². The molecule has 0 aliphatic carbocycles. The van der Waals surface area contributed by atoms with Crippen molar-refractivity contribution in [2.75, 3.05) is 6.61 Å². The van der Waals surface area contributed by atoms with Crippen molar-refractivity contribution < 1.29 is 9.84 Å². The largest absolute Gasteiger partial charge is 0.477 e. The lowest BCUT2D eigenvalue weighted by Crippen LogP contribution is -2.06. The van der Waals surface area contributed by atoms with Gasteiger partial charge in [-0.3, -0.25) is 4.98 Å². The summed E-state index contributed by atoms with van der Waals surface area (Å²) in [5.41, 5.74) is 2.76. The Bertz CT molecular complexity index is 541. The van der Waals surface area contributed by atoms with Crippen LogP contribution >= 0.6 is 0 Å². The van der Waals surface area contributed by atoms with E-state index in [-0.39, 0.29) is 6.61 Å². The molecule has 0 saturated heterocycles. The molecule has 2 aromatic rings. The first-order valence-electron chi connectivity index (χ1n) is 6.83. The van der Waals surface area contributed by atoms with Crippen molar-refractivity contribution in [2.24, 2.45) is 0 Å². The summed E-state index contributed by atoms with van der Waals surface area (Å²) >= 11 is 0. The Balaban J connectivity index is 2.00. The van der Waals surface area contributed by atoms with Gasteiger partial charge in [-0.25, -0.2) is 4.98 Å². The van der Waals surface area contributed by atoms with Crippen molar-refractivity contribution in [3.63, 3.8) is 0 Å². The number of aliphatic hydroxyl groups excluding tert-OH is 1. The molecule has 0 spiro atoms. The van der Waals surface area contributed by atoms with Gasteiger partial charge in [-0.2, -0.15) is 0 Å². The van der Waals surface area contributed by atoms with Crippen molar-refractivity contribution in [1.82, 2.24) is 9.97 Å². The molecule has 0 atom stereocenters. The highest BCUT2D eigenvalue weighted by Crippen LogP contribution is 2.19. The minimum atomic E-state index is -0.00115. The summed E-state index contributed by atoms with van der Waals surface area (Å²) in [7, 11) is 0. The quantitative estimate of drug-likeness (QED) is 0.878. The van der Waals surface area contributed by atoms with E-state index in [4.69, 9.17) is 4.74 Å². The molecule has 2 rings (SSSR count). The fraction of sp³-hybridized carbons (Fsp3) is 0.375. The van der Waals surface area contributed by atoms with Crippen molar-refractivity contribution in [3.8, 4) is 5.88 Å². The standard InChI is InChI=1S/C16H20N2O2/c1-12(2)15-9-13(11-19)10-16(18-15)20-8-6-14-5-3-4-7-17-14/h3-5,7,9-10,12,19H,6,8,11H2,1-2H3. The van der Waals surface area contributed by atoms with Crippen molar-refractivity contribution in [1.29, 1.82) is 0 Å². The normalized spacial score (nSPS) is 10.8. The Morgan fingerprint density at radius 2 is 2.10 bits per heavy atom. The van der Waals surface area contributed by atoms with E-state index in [9.17, 15) is 5.11 Å². The van der Waals surface area contributed by atoms with Gasteiger partial charge in [-0.15, -0.1) is 0 Å². The van der Waals surface area contributed by atoms with E-state index in [1.807, 2.05) is 24.3 Å². The predicted molar refractivity (Wildman–Crippen MR) is 77.7 cm³/mol. The lowest BCUT2D eigenvalue weighted by atomic mass is 10.1. The van der Waals surface area contributed by atoms with E-state index in [1.165, 1.54) is 0 Å². The maximum Gasteiger partial charge on any atom is 0.213 e. The molecule has 0 saturated carbocycles. The molecule has 0 aliphatic heterocycles. The van der Waals surface area contributed by atoms with Gasteiger partial charge in [0, 0.05) is 30.1 Å². The van der Waals surface area contributed by atoms with Crippen molar-refractivity contribution in [3.05, 3.63) is 53.5 Å². The molecule has 0 bridgehead atoms. The van der Waals surface area contributed by atoms with E-state index < -0.39 is 0 Å².